The van der Waals surface area contributed by atoms with Crippen molar-refractivity contribution in [2.75, 3.05) is 13.2 Å². The zero-order chi connectivity index (χ0) is 22.6. The lowest BCUT2D eigenvalue weighted by Gasteiger charge is -2.13. The third-order valence-corrected chi connectivity index (χ3v) is 5.70. The first-order chi connectivity index (χ1) is 15.2. The minimum atomic E-state index is -0.928. The molecule has 4 nitrogen and oxygen atoms in total. The molecule has 0 saturated heterocycles. The van der Waals surface area contributed by atoms with E-state index in [1.807, 2.05) is 6.92 Å². The van der Waals surface area contributed by atoms with E-state index >= 15 is 0 Å². The molecule has 32 heavy (non-hydrogen) atoms. The Labute approximate surface area is 207 Å². The number of pyridine rings is 1. The molecule has 1 N–H and O–H groups in total. The minimum absolute atomic E-state index is 0. The normalized spacial score (nSPS) is 12.1. The average molecular weight is 513 g/mol. The summed E-state index contributed by atoms with van der Waals surface area (Å²) in [7, 11) is 0. The Balaban J connectivity index is 0.00000961. The van der Waals surface area contributed by atoms with Crippen LogP contribution in [-0.2, 0) is 4.74 Å². The number of rotatable bonds is 20. The highest BCUT2D eigenvalue weighted by atomic mass is 79.9. The van der Waals surface area contributed by atoms with E-state index < -0.39 is 5.97 Å². The third kappa shape index (κ3) is 15.6. The Kier molecular flexibility index (Phi) is 20.8. The molecule has 0 aromatic carbocycles. The summed E-state index contributed by atoms with van der Waals surface area (Å²) in [6.45, 7) is 5.49. The van der Waals surface area contributed by atoms with Gasteiger partial charge in [-0.15, -0.1) is 17.0 Å². The quantitative estimate of drug-likeness (QED) is 0.141. The second-order valence-corrected chi connectivity index (χ2v) is 8.66. The van der Waals surface area contributed by atoms with Gasteiger partial charge in [0.1, 0.15) is 0 Å². The number of aromatic nitrogens is 1. The van der Waals surface area contributed by atoms with Crippen LogP contribution >= 0.6 is 17.0 Å². The number of aromatic carboxylic acids is 1. The van der Waals surface area contributed by atoms with Crippen LogP contribution in [0, 0.1) is 0 Å². The van der Waals surface area contributed by atoms with Gasteiger partial charge in [-0.2, -0.15) is 0 Å². The van der Waals surface area contributed by atoms with Crippen molar-refractivity contribution in [3.63, 3.8) is 0 Å². The lowest BCUT2D eigenvalue weighted by atomic mass is 10.0. The summed E-state index contributed by atoms with van der Waals surface area (Å²) in [5.74, 6) is -0.940. The fraction of sp³-hybridized carbons (Fsp3) is 0.704. The lowest BCUT2D eigenvalue weighted by Crippen LogP contribution is -2.12. The van der Waals surface area contributed by atoms with Crippen molar-refractivity contribution in [3.8, 4) is 0 Å². The van der Waals surface area contributed by atoms with Gasteiger partial charge in [0.25, 0.3) is 0 Å². The smallest absolute Gasteiger partial charge is 0.337 e. The molecule has 0 fully saturated rings. The van der Waals surface area contributed by atoms with Gasteiger partial charge in [0.2, 0.25) is 0 Å². The van der Waals surface area contributed by atoms with Crippen molar-refractivity contribution in [2.24, 2.45) is 0 Å². The van der Waals surface area contributed by atoms with E-state index in [9.17, 15) is 9.90 Å². The molecule has 0 aliphatic rings. The molecule has 1 rings (SSSR count). The summed E-state index contributed by atoms with van der Waals surface area (Å²) in [5, 5.41) is 9.26. The molecule has 0 radical (unpaired) electrons. The Morgan fingerprint density at radius 1 is 0.969 bits per heavy atom. The maximum absolute atomic E-state index is 11.3. The Morgan fingerprint density at radius 2 is 1.53 bits per heavy atom. The van der Waals surface area contributed by atoms with Gasteiger partial charge in [-0.1, -0.05) is 83.8 Å². The van der Waals surface area contributed by atoms with Crippen LogP contribution in [0.15, 0.2) is 30.5 Å². The molecule has 1 atom stereocenters. The molecule has 1 heterocycles. The van der Waals surface area contributed by atoms with Gasteiger partial charge in [-0.05, 0) is 44.2 Å². The summed E-state index contributed by atoms with van der Waals surface area (Å²) in [4.78, 5) is 15.5. The van der Waals surface area contributed by atoms with Crippen LogP contribution in [0.4, 0.5) is 0 Å². The van der Waals surface area contributed by atoms with Crippen LogP contribution < -0.4 is 0 Å². The van der Waals surface area contributed by atoms with Crippen LogP contribution in [0.25, 0.3) is 0 Å². The van der Waals surface area contributed by atoms with Gasteiger partial charge in [0.15, 0.2) is 0 Å². The van der Waals surface area contributed by atoms with E-state index in [-0.39, 0.29) is 28.5 Å². The summed E-state index contributed by atoms with van der Waals surface area (Å²) in [5.41, 5.74) is 0.881. The topological polar surface area (TPSA) is 59.4 Å². The van der Waals surface area contributed by atoms with Gasteiger partial charge in [-0.25, -0.2) is 4.79 Å². The lowest BCUT2D eigenvalue weighted by molar-refractivity contribution is 0.0692. The fourth-order valence-corrected chi connectivity index (χ4v) is 3.78. The van der Waals surface area contributed by atoms with Crippen molar-refractivity contribution in [1.82, 2.24) is 4.98 Å². The molecule has 0 aliphatic heterocycles. The average Bonchev–Trinajstić information content (AvgIpc) is 2.78. The maximum atomic E-state index is 11.3. The molecule has 1 aromatic rings. The highest BCUT2D eigenvalue weighted by molar-refractivity contribution is 8.93. The summed E-state index contributed by atoms with van der Waals surface area (Å²) in [6.07, 6.45) is 24.6. The predicted octanol–water partition coefficient (Wildman–Crippen LogP) is 8.52. The van der Waals surface area contributed by atoms with E-state index in [2.05, 4.69) is 24.1 Å². The van der Waals surface area contributed by atoms with Crippen molar-refractivity contribution in [3.05, 3.63) is 41.7 Å². The molecule has 1 unspecified atom stereocenters. The molecular weight excluding hydrogens is 466 g/mol. The van der Waals surface area contributed by atoms with E-state index in [1.54, 1.807) is 18.3 Å². The maximum Gasteiger partial charge on any atom is 0.337 e. The molecule has 0 saturated carbocycles. The third-order valence-electron chi connectivity index (χ3n) is 5.70. The first-order valence-corrected chi connectivity index (χ1v) is 12.6. The number of hydrogen-bond donors (Lipinski definition) is 1. The van der Waals surface area contributed by atoms with Crippen LogP contribution in [-0.4, -0.2) is 29.3 Å². The Hall–Kier alpha value is -1.20. The van der Waals surface area contributed by atoms with Crippen molar-refractivity contribution in [2.45, 2.75) is 110 Å². The largest absolute Gasteiger partial charge is 0.478 e. The van der Waals surface area contributed by atoms with Crippen molar-refractivity contribution < 1.29 is 14.6 Å². The number of hydrogen-bond acceptors (Lipinski definition) is 3. The molecule has 0 amide bonds. The number of carboxylic acids is 1. The van der Waals surface area contributed by atoms with Crippen molar-refractivity contribution in [1.29, 1.82) is 0 Å². The minimum Gasteiger partial charge on any atom is -0.478 e. The van der Waals surface area contributed by atoms with Crippen LogP contribution in [0.3, 0.4) is 0 Å². The zero-order valence-corrected chi connectivity index (χ0v) is 22.1. The molecule has 0 aliphatic carbocycles. The second-order valence-electron chi connectivity index (χ2n) is 8.66. The SMILES string of the molecule is Br.CCCCCCCCC=CCCCCCCCCOCC(C)c1ncccc1C(=O)O. The van der Waals surface area contributed by atoms with E-state index in [1.165, 1.54) is 83.5 Å². The second kappa shape index (κ2) is 21.6. The Bertz CT molecular complexity index is 606. The number of carbonyl (C=O) groups is 1. The summed E-state index contributed by atoms with van der Waals surface area (Å²) in [6, 6.07) is 3.26. The molecule has 0 bridgehead atoms. The van der Waals surface area contributed by atoms with Crippen LogP contribution in [0.1, 0.15) is 126 Å². The molecule has 184 valence electrons. The van der Waals surface area contributed by atoms with Crippen LogP contribution in [0.2, 0.25) is 0 Å². The van der Waals surface area contributed by atoms with E-state index in [4.69, 9.17) is 4.74 Å². The van der Waals surface area contributed by atoms with E-state index in [0.717, 1.165) is 13.0 Å². The van der Waals surface area contributed by atoms with Gasteiger partial charge < -0.3 is 9.84 Å². The van der Waals surface area contributed by atoms with Gasteiger partial charge in [-0.3, -0.25) is 4.98 Å². The highest BCUT2D eigenvalue weighted by Crippen LogP contribution is 2.18. The van der Waals surface area contributed by atoms with Gasteiger partial charge in [0.05, 0.1) is 17.9 Å². The van der Waals surface area contributed by atoms with Gasteiger partial charge >= 0.3 is 5.97 Å². The Morgan fingerprint density at radius 3 is 2.12 bits per heavy atom. The summed E-state index contributed by atoms with van der Waals surface area (Å²) >= 11 is 0. The fourth-order valence-electron chi connectivity index (χ4n) is 3.78. The number of halogens is 1. The van der Waals surface area contributed by atoms with Gasteiger partial charge in [0, 0.05) is 18.7 Å². The highest BCUT2D eigenvalue weighted by Gasteiger charge is 2.16. The number of ether oxygens (including phenoxy) is 1. The molecular formula is C27H46BrNO3. The van der Waals surface area contributed by atoms with E-state index in [0.29, 0.717) is 12.3 Å². The molecule has 0 spiro atoms. The molecule has 5 heteroatoms. The predicted molar refractivity (Wildman–Crippen MR) is 140 cm³/mol. The first-order valence-electron chi connectivity index (χ1n) is 12.6. The number of allylic oxidation sites excluding steroid dienone is 2. The number of carboxylic acid groups (broad SMARTS) is 1. The first kappa shape index (κ1) is 30.8. The number of nitrogens with zero attached hydrogens (tertiary/aromatic N) is 1. The number of unbranched alkanes of at least 4 members (excludes halogenated alkanes) is 12. The van der Waals surface area contributed by atoms with Crippen molar-refractivity contribution >= 4 is 23.0 Å². The molecule has 1 aromatic heterocycles. The summed E-state index contributed by atoms with van der Waals surface area (Å²) < 4.78 is 5.76. The monoisotopic (exact) mass is 511 g/mol. The standard InChI is InChI=1S/C27H45NO3.BrH/c1-3-4-5-6-7-8-9-10-11-12-13-14-15-16-17-18-22-31-23-24(2)26-25(27(29)30)20-19-21-28-26;/h10-11,19-21,24H,3-9,12-18,22-23H2,1-2H3,(H,29,30);1H. The van der Waals surface area contributed by atoms with Crippen LogP contribution in [0.5, 0.6) is 0 Å². The zero-order valence-electron chi connectivity index (χ0n) is 20.4.